The molecule has 1 N–H and O–H groups in total. The van der Waals surface area contributed by atoms with Crippen molar-refractivity contribution in [3.05, 3.63) is 0 Å². The molecule has 0 amide bonds. The van der Waals surface area contributed by atoms with E-state index in [2.05, 4.69) is 29.0 Å². The fourth-order valence-electron chi connectivity index (χ4n) is 2.49. The van der Waals surface area contributed by atoms with Crippen molar-refractivity contribution >= 4 is 11.8 Å². The average molecular weight is 214 g/mol. The van der Waals surface area contributed by atoms with Crippen LogP contribution in [0.15, 0.2) is 0 Å². The van der Waals surface area contributed by atoms with Gasteiger partial charge in [-0.2, -0.15) is 11.8 Å². The Morgan fingerprint density at radius 2 is 2.07 bits per heavy atom. The number of rotatable bonds is 3. The minimum absolute atomic E-state index is 0.870. The number of piperidine rings is 1. The third kappa shape index (κ3) is 2.88. The van der Waals surface area contributed by atoms with Gasteiger partial charge in [-0.05, 0) is 51.1 Å². The van der Waals surface area contributed by atoms with Crippen molar-refractivity contribution in [1.29, 1.82) is 0 Å². The molecule has 0 aromatic carbocycles. The standard InChI is InChI=1S/C11H22N2S/c1-13(11-4-7-14-9-11)8-10-2-5-12-6-3-10/h10-12H,2-9H2,1H3. The van der Waals surface area contributed by atoms with E-state index in [4.69, 9.17) is 0 Å². The van der Waals surface area contributed by atoms with E-state index in [1.54, 1.807) is 0 Å². The normalized spacial score (nSPS) is 30.0. The van der Waals surface area contributed by atoms with E-state index in [0.29, 0.717) is 0 Å². The molecular weight excluding hydrogens is 192 g/mol. The molecule has 2 aliphatic rings. The minimum atomic E-state index is 0.870. The summed E-state index contributed by atoms with van der Waals surface area (Å²) in [5.74, 6) is 3.69. The molecule has 2 saturated heterocycles. The van der Waals surface area contributed by atoms with Gasteiger partial charge >= 0.3 is 0 Å². The molecular formula is C11H22N2S. The molecule has 2 nitrogen and oxygen atoms in total. The highest BCUT2D eigenvalue weighted by Gasteiger charge is 2.23. The van der Waals surface area contributed by atoms with Gasteiger partial charge < -0.3 is 10.2 Å². The van der Waals surface area contributed by atoms with Crippen LogP contribution >= 0.6 is 11.8 Å². The predicted octanol–water partition coefficient (Wildman–Crippen LogP) is 1.42. The van der Waals surface area contributed by atoms with E-state index in [1.807, 2.05) is 0 Å². The fourth-order valence-corrected chi connectivity index (χ4v) is 3.79. The molecule has 0 radical (unpaired) electrons. The molecule has 0 bridgehead atoms. The maximum atomic E-state index is 3.43. The molecule has 0 aliphatic carbocycles. The van der Waals surface area contributed by atoms with E-state index < -0.39 is 0 Å². The smallest absolute Gasteiger partial charge is 0.0191 e. The Labute approximate surface area is 91.8 Å². The van der Waals surface area contributed by atoms with Gasteiger partial charge in [0, 0.05) is 18.3 Å². The second kappa shape index (κ2) is 5.38. The molecule has 0 spiro atoms. The zero-order valence-corrected chi connectivity index (χ0v) is 9.98. The van der Waals surface area contributed by atoms with Crippen molar-refractivity contribution in [3.63, 3.8) is 0 Å². The van der Waals surface area contributed by atoms with Gasteiger partial charge in [0.1, 0.15) is 0 Å². The number of nitrogens with one attached hydrogen (secondary N) is 1. The highest BCUT2D eigenvalue weighted by atomic mass is 32.2. The van der Waals surface area contributed by atoms with Crippen LogP contribution in [0.3, 0.4) is 0 Å². The molecule has 0 aromatic rings. The molecule has 2 aliphatic heterocycles. The van der Waals surface area contributed by atoms with Gasteiger partial charge in [-0.3, -0.25) is 0 Å². The van der Waals surface area contributed by atoms with Gasteiger partial charge in [0.2, 0.25) is 0 Å². The molecule has 82 valence electrons. The van der Waals surface area contributed by atoms with E-state index in [-0.39, 0.29) is 0 Å². The Balaban J connectivity index is 1.72. The van der Waals surface area contributed by atoms with Crippen LogP contribution in [0.1, 0.15) is 19.3 Å². The molecule has 1 unspecified atom stereocenters. The topological polar surface area (TPSA) is 15.3 Å². The second-order valence-electron chi connectivity index (χ2n) is 4.65. The summed E-state index contributed by atoms with van der Waals surface area (Å²) in [6, 6.07) is 0.870. The van der Waals surface area contributed by atoms with Crippen molar-refractivity contribution in [1.82, 2.24) is 10.2 Å². The first-order valence-corrected chi connectivity index (χ1v) is 7.00. The Bertz CT molecular complexity index is 163. The molecule has 1 atom stereocenters. The second-order valence-corrected chi connectivity index (χ2v) is 5.80. The monoisotopic (exact) mass is 214 g/mol. The Morgan fingerprint density at radius 1 is 1.29 bits per heavy atom. The quantitative estimate of drug-likeness (QED) is 0.765. The Morgan fingerprint density at radius 3 is 2.71 bits per heavy atom. The van der Waals surface area contributed by atoms with Gasteiger partial charge in [-0.15, -0.1) is 0 Å². The summed E-state index contributed by atoms with van der Waals surface area (Å²) in [6.07, 6.45) is 4.17. The largest absolute Gasteiger partial charge is 0.317 e. The van der Waals surface area contributed by atoms with Crippen LogP contribution in [0, 0.1) is 5.92 Å². The van der Waals surface area contributed by atoms with Gasteiger partial charge in [0.25, 0.3) is 0 Å². The summed E-state index contributed by atoms with van der Waals surface area (Å²) in [5, 5.41) is 3.43. The van der Waals surface area contributed by atoms with Crippen molar-refractivity contribution < 1.29 is 0 Å². The zero-order valence-electron chi connectivity index (χ0n) is 9.17. The summed E-state index contributed by atoms with van der Waals surface area (Å²) in [7, 11) is 2.32. The number of nitrogens with zero attached hydrogens (tertiary/aromatic N) is 1. The predicted molar refractivity (Wildman–Crippen MR) is 64.0 cm³/mol. The van der Waals surface area contributed by atoms with Crippen LogP contribution in [0.25, 0.3) is 0 Å². The van der Waals surface area contributed by atoms with Gasteiger partial charge in [-0.25, -0.2) is 0 Å². The van der Waals surface area contributed by atoms with Crippen molar-refractivity contribution in [2.45, 2.75) is 25.3 Å². The third-order valence-corrected chi connectivity index (χ3v) is 4.68. The van der Waals surface area contributed by atoms with E-state index in [1.165, 1.54) is 50.4 Å². The zero-order chi connectivity index (χ0) is 9.80. The van der Waals surface area contributed by atoms with Crippen LogP contribution in [0.2, 0.25) is 0 Å². The molecule has 2 fully saturated rings. The van der Waals surface area contributed by atoms with E-state index >= 15 is 0 Å². The highest BCUT2D eigenvalue weighted by molar-refractivity contribution is 7.99. The van der Waals surface area contributed by atoms with Gasteiger partial charge in [-0.1, -0.05) is 0 Å². The summed E-state index contributed by atoms with van der Waals surface area (Å²) < 4.78 is 0. The van der Waals surface area contributed by atoms with Crippen LogP contribution in [0.4, 0.5) is 0 Å². The van der Waals surface area contributed by atoms with Gasteiger partial charge in [0.05, 0.1) is 0 Å². The lowest BCUT2D eigenvalue weighted by Gasteiger charge is -2.30. The van der Waals surface area contributed by atoms with Crippen LogP contribution < -0.4 is 5.32 Å². The van der Waals surface area contributed by atoms with Crippen LogP contribution in [-0.4, -0.2) is 49.1 Å². The van der Waals surface area contributed by atoms with Crippen molar-refractivity contribution in [3.8, 4) is 0 Å². The third-order valence-electron chi connectivity index (χ3n) is 3.53. The maximum absolute atomic E-state index is 3.43. The van der Waals surface area contributed by atoms with E-state index in [0.717, 1.165) is 12.0 Å². The summed E-state index contributed by atoms with van der Waals surface area (Å²) >= 11 is 2.12. The maximum Gasteiger partial charge on any atom is 0.0191 e. The summed E-state index contributed by atoms with van der Waals surface area (Å²) in [5.41, 5.74) is 0. The SMILES string of the molecule is CN(CC1CCNCC1)C1CCSC1. The van der Waals surface area contributed by atoms with E-state index in [9.17, 15) is 0 Å². The molecule has 2 heterocycles. The van der Waals surface area contributed by atoms with Crippen LogP contribution in [-0.2, 0) is 0 Å². The summed E-state index contributed by atoms with van der Waals surface area (Å²) in [6.45, 7) is 3.79. The minimum Gasteiger partial charge on any atom is -0.317 e. The molecule has 2 rings (SSSR count). The Kier molecular flexibility index (Phi) is 4.14. The number of hydrogen-bond acceptors (Lipinski definition) is 3. The molecule has 0 saturated carbocycles. The van der Waals surface area contributed by atoms with Crippen molar-refractivity contribution in [2.75, 3.05) is 38.2 Å². The molecule has 3 heteroatoms. The summed E-state index contributed by atoms with van der Waals surface area (Å²) in [4.78, 5) is 2.61. The van der Waals surface area contributed by atoms with Gasteiger partial charge in [0.15, 0.2) is 0 Å². The Hall–Kier alpha value is 0.270. The lowest BCUT2D eigenvalue weighted by atomic mass is 9.97. The lowest BCUT2D eigenvalue weighted by Crippen LogP contribution is -2.39. The number of hydrogen-bond donors (Lipinski definition) is 1. The van der Waals surface area contributed by atoms with Crippen LogP contribution in [0.5, 0.6) is 0 Å². The first-order chi connectivity index (χ1) is 6.86. The molecule has 0 aromatic heterocycles. The molecule has 14 heavy (non-hydrogen) atoms. The average Bonchev–Trinajstić information content (AvgIpc) is 2.72. The lowest BCUT2D eigenvalue weighted by molar-refractivity contribution is 0.198. The number of thioether (sulfide) groups is 1. The highest BCUT2D eigenvalue weighted by Crippen LogP contribution is 2.23. The first kappa shape index (κ1) is 10.8. The van der Waals surface area contributed by atoms with Crippen molar-refractivity contribution in [2.24, 2.45) is 5.92 Å². The fraction of sp³-hybridized carbons (Fsp3) is 1.00. The first-order valence-electron chi connectivity index (χ1n) is 5.85.